The van der Waals surface area contributed by atoms with Gasteiger partial charge in [-0.15, -0.1) is 0 Å². The van der Waals surface area contributed by atoms with E-state index in [1.807, 2.05) is 0 Å². The minimum Gasteiger partial charge on any atom is -0.481 e. The normalized spacial score (nSPS) is 14.8. The van der Waals surface area contributed by atoms with Crippen LogP contribution in [0.4, 0.5) is 4.39 Å². The molecule has 3 N–H and O–H groups in total. The van der Waals surface area contributed by atoms with E-state index in [-0.39, 0.29) is 12.0 Å². The van der Waals surface area contributed by atoms with Crippen LogP contribution in [0.2, 0.25) is 0 Å². The van der Waals surface area contributed by atoms with Gasteiger partial charge in [0.1, 0.15) is 5.82 Å². The molecule has 0 aliphatic rings. The average Bonchev–Trinajstić information content (AvgIpc) is 2.02. The van der Waals surface area contributed by atoms with Crippen LogP contribution in [0.1, 0.15) is 18.9 Å². The van der Waals surface area contributed by atoms with Gasteiger partial charge in [0.2, 0.25) is 0 Å². The number of aliphatic carboxylic acids is 1. The first-order chi connectivity index (χ1) is 6.43. The average molecular weight is 197 g/mol. The Hall–Kier alpha value is -1.42. The number of halogens is 1. The third kappa shape index (κ3) is 2.29. The second kappa shape index (κ2) is 3.75. The van der Waals surface area contributed by atoms with E-state index in [1.165, 1.54) is 25.1 Å². The van der Waals surface area contributed by atoms with Crippen molar-refractivity contribution in [2.45, 2.75) is 18.9 Å². The topological polar surface area (TPSA) is 63.3 Å². The van der Waals surface area contributed by atoms with Crippen LogP contribution in [0, 0.1) is 5.82 Å². The largest absolute Gasteiger partial charge is 0.481 e. The van der Waals surface area contributed by atoms with Gasteiger partial charge in [0.15, 0.2) is 0 Å². The zero-order chi connectivity index (χ0) is 10.8. The molecule has 0 bridgehead atoms. The highest BCUT2D eigenvalue weighted by atomic mass is 19.1. The Labute approximate surface area is 81.4 Å². The summed E-state index contributed by atoms with van der Waals surface area (Å²) in [5.41, 5.74) is 4.77. The van der Waals surface area contributed by atoms with Crippen LogP contribution >= 0.6 is 0 Å². The molecule has 0 heterocycles. The molecule has 0 saturated heterocycles. The molecule has 0 spiro atoms. The first-order valence-corrected chi connectivity index (χ1v) is 4.19. The van der Waals surface area contributed by atoms with Crippen LogP contribution < -0.4 is 5.73 Å². The van der Waals surface area contributed by atoms with Gasteiger partial charge in [-0.25, -0.2) is 4.39 Å². The molecule has 0 saturated carbocycles. The number of carboxylic acids is 1. The predicted molar refractivity (Wildman–Crippen MR) is 50.2 cm³/mol. The maximum atomic E-state index is 13.3. The molecule has 1 aromatic carbocycles. The number of hydrogen-bond acceptors (Lipinski definition) is 2. The van der Waals surface area contributed by atoms with Gasteiger partial charge in [0.05, 0.1) is 12.0 Å². The van der Waals surface area contributed by atoms with E-state index < -0.39 is 17.3 Å². The Morgan fingerprint density at radius 1 is 1.57 bits per heavy atom. The molecule has 1 atom stereocenters. The van der Waals surface area contributed by atoms with Crippen LogP contribution in [-0.2, 0) is 10.3 Å². The van der Waals surface area contributed by atoms with Crippen molar-refractivity contribution in [2.24, 2.45) is 5.73 Å². The number of carboxylic acid groups (broad SMARTS) is 1. The lowest BCUT2D eigenvalue weighted by Crippen LogP contribution is -2.36. The van der Waals surface area contributed by atoms with Gasteiger partial charge in [0.25, 0.3) is 0 Å². The van der Waals surface area contributed by atoms with Gasteiger partial charge in [0, 0.05) is 5.56 Å². The summed E-state index contributed by atoms with van der Waals surface area (Å²) in [6.07, 6.45) is -0.298. The van der Waals surface area contributed by atoms with Gasteiger partial charge in [-0.05, 0) is 13.0 Å². The molecule has 3 nitrogen and oxygen atoms in total. The molecule has 0 aliphatic heterocycles. The lowest BCUT2D eigenvalue weighted by Gasteiger charge is -2.23. The predicted octanol–water partition coefficient (Wildman–Crippen LogP) is 1.47. The third-order valence-corrected chi connectivity index (χ3v) is 2.01. The van der Waals surface area contributed by atoms with E-state index in [2.05, 4.69) is 0 Å². The Morgan fingerprint density at radius 2 is 2.14 bits per heavy atom. The fourth-order valence-corrected chi connectivity index (χ4v) is 1.33. The Kier molecular flexibility index (Phi) is 2.86. The highest BCUT2D eigenvalue weighted by molar-refractivity contribution is 5.68. The molecule has 0 aromatic heterocycles. The van der Waals surface area contributed by atoms with Crippen LogP contribution in [-0.4, -0.2) is 11.1 Å². The Bertz CT molecular complexity index is 350. The van der Waals surface area contributed by atoms with Crippen molar-refractivity contribution in [3.05, 3.63) is 35.6 Å². The summed E-state index contributed by atoms with van der Waals surface area (Å²) in [7, 11) is 0. The molecule has 4 heteroatoms. The van der Waals surface area contributed by atoms with Crippen LogP contribution in [0.3, 0.4) is 0 Å². The SMILES string of the molecule is CC(N)(CC(=O)O)c1ccccc1F. The van der Waals surface area contributed by atoms with Crippen molar-refractivity contribution >= 4 is 5.97 Å². The standard InChI is InChI=1S/C10H12FNO2/c1-10(12,6-9(13)14)7-4-2-3-5-8(7)11/h2-5H,6,12H2,1H3,(H,13,14). The van der Waals surface area contributed by atoms with E-state index >= 15 is 0 Å². The second-order valence-electron chi connectivity index (χ2n) is 3.47. The third-order valence-electron chi connectivity index (χ3n) is 2.01. The smallest absolute Gasteiger partial charge is 0.305 e. The van der Waals surface area contributed by atoms with Crippen LogP contribution in [0.15, 0.2) is 24.3 Å². The number of rotatable bonds is 3. The second-order valence-corrected chi connectivity index (χ2v) is 3.47. The van der Waals surface area contributed by atoms with Crippen molar-refractivity contribution in [3.63, 3.8) is 0 Å². The zero-order valence-corrected chi connectivity index (χ0v) is 7.83. The minimum absolute atomic E-state index is 0.224. The number of carbonyl (C=O) groups is 1. The zero-order valence-electron chi connectivity index (χ0n) is 7.83. The molecular formula is C10H12FNO2. The van der Waals surface area contributed by atoms with Gasteiger partial charge in [-0.1, -0.05) is 18.2 Å². The van der Waals surface area contributed by atoms with E-state index in [1.54, 1.807) is 6.07 Å². The van der Waals surface area contributed by atoms with Crippen LogP contribution in [0.5, 0.6) is 0 Å². The van der Waals surface area contributed by atoms with Gasteiger partial charge in [-0.3, -0.25) is 4.79 Å². The molecule has 1 aromatic rings. The molecule has 0 amide bonds. The molecule has 0 fully saturated rings. The summed E-state index contributed by atoms with van der Waals surface area (Å²) in [5, 5.41) is 8.60. The van der Waals surface area contributed by atoms with Crippen molar-refractivity contribution in [1.29, 1.82) is 0 Å². The Morgan fingerprint density at radius 3 is 2.64 bits per heavy atom. The Balaban J connectivity index is 3.03. The molecule has 76 valence electrons. The maximum Gasteiger partial charge on any atom is 0.305 e. The van der Waals surface area contributed by atoms with E-state index in [4.69, 9.17) is 10.8 Å². The number of nitrogens with two attached hydrogens (primary N) is 1. The fraction of sp³-hybridized carbons (Fsp3) is 0.300. The lowest BCUT2D eigenvalue weighted by atomic mass is 9.89. The monoisotopic (exact) mass is 197 g/mol. The van der Waals surface area contributed by atoms with Crippen molar-refractivity contribution < 1.29 is 14.3 Å². The number of hydrogen-bond donors (Lipinski definition) is 2. The summed E-state index contributed by atoms with van der Waals surface area (Å²) in [5.74, 6) is -1.52. The molecular weight excluding hydrogens is 185 g/mol. The first kappa shape index (κ1) is 10.7. The summed E-state index contributed by atoms with van der Waals surface area (Å²) >= 11 is 0. The molecule has 0 aliphatic carbocycles. The number of benzene rings is 1. The van der Waals surface area contributed by atoms with Crippen molar-refractivity contribution in [1.82, 2.24) is 0 Å². The minimum atomic E-state index is -1.17. The quantitative estimate of drug-likeness (QED) is 0.771. The molecule has 1 unspecified atom stereocenters. The maximum absolute atomic E-state index is 13.3. The van der Waals surface area contributed by atoms with Crippen LogP contribution in [0.25, 0.3) is 0 Å². The fourth-order valence-electron chi connectivity index (χ4n) is 1.33. The molecule has 14 heavy (non-hydrogen) atoms. The summed E-state index contributed by atoms with van der Waals surface area (Å²) in [6.45, 7) is 1.50. The highest BCUT2D eigenvalue weighted by Crippen LogP contribution is 2.23. The molecule has 0 radical (unpaired) electrons. The van der Waals surface area contributed by atoms with Crippen molar-refractivity contribution in [2.75, 3.05) is 0 Å². The van der Waals surface area contributed by atoms with Gasteiger partial charge < -0.3 is 10.8 Å². The van der Waals surface area contributed by atoms with E-state index in [0.29, 0.717) is 0 Å². The summed E-state index contributed by atoms with van der Waals surface area (Å²) < 4.78 is 13.3. The lowest BCUT2D eigenvalue weighted by molar-refractivity contribution is -0.138. The summed E-state index contributed by atoms with van der Waals surface area (Å²) in [4.78, 5) is 10.5. The van der Waals surface area contributed by atoms with Gasteiger partial charge in [-0.2, -0.15) is 0 Å². The van der Waals surface area contributed by atoms with E-state index in [9.17, 15) is 9.18 Å². The van der Waals surface area contributed by atoms with E-state index in [0.717, 1.165) is 0 Å². The summed E-state index contributed by atoms with van der Waals surface area (Å²) in [6, 6.07) is 5.93. The highest BCUT2D eigenvalue weighted by Gasteiger charge is 2.27. The van der Waals surface area contributed by atoms with Gasteiger partial charge >= 0.3 is 5.97 Å². The van der Waals surface area contributed by atoms with Crippen molar-refractivity contribution in [3.8, 4) is 0 Å². The molecule has 1 rings (SSSR count). The first-order valence-electron chi connectivity index (χ1n) is 4.19.